The summed E-state index contributed by atoms with van der Waals surface area (Å²) in [6.45, 7) is 4.02. The van der Waals surface area contributed by atoms with Crippen molar-refractivity contribution in [2.75, 3.05) is 23.9 Å². The van der Waals surface area contributed by atoms with Gasteiger partial charge in [-0.1, -0.05) is 37.6 Å². The molecular formula is C26H27ClN2O4. The van der Waals surface area contributed by atoms with Gasteiger partial charge < -0.3 is 10.0 Å². The van der Waals surface area contributed by atoms with Crippen LogP contribution in [0.1, 0.15) is 54.9 Å². The molecule has 2 aromatic carbocycles. The summed E-state index contributed by atoms with van der Waals surface area (Å²) in [5.41, 5.74) is 3.30. The normalized spacial score (nSPS) is 20.0. The SMILES string of the molecule is CN(C)c1ccc(C2CC(=O)N(c3ccc(Cl)c(C(=O)O)c3)C3=C2C(=O)CC(C)(C)C3)cc1. The number of nitrogens with zero attached hydrogens (tertiary/aromatic N) is 2. The quantitative estimate of drug-likeness (QED) is 0.664. The molecule has 33 heavy (non-hydrogen) atoms. The molecule has 1 aliphatic carbocycles. The molecule has 0 fully saturated rings. The summed E-state index contributed by atoms with van der Waals surface area (Å²) in [5.74, 6) is -1.62. The van der Waals surface area contributed by atoms with Gasteiger partial charge in [0.1, 0.15) is 0 Å². The number of Topliss-reactive ketones (excluding diaryl/α,β-unsaturated/α-hetero) is 1. The predicted octanol–water partition coefficient (Wildman–Crippen LogP) is 5.27. The first-order chi connectivity index (χ1) is 15.5. The van der Waals surface area contributed by atoms with Crippen LogP contribution in [0.5, 0.6) is 0 Å². The lowest BCUT2D eigenvalue weighted by Gasteiger charge is -2.43. The zero-order chi connectivity index (χ0) is 24.1. The Morgan fingerprint density at radius 2 is 1.76 bits per heavy atom. The largest absolute Gasteiger partial charge is 0.478 e. The molecular weight excluding hydrogens is 440 g/mol. The minimum absolute atomic E-state index is 0.0351. The first kappa shape index (κ1) is 23.1. The van der Waals surface area contributed by atoms with Crippen LogP contribution in [0.2, 0.25) is 5.02 Å². The number of ketones is 1. The topological polar surface area (TPSA) is 77.9 Å². The third-order valence-electron chi connectivity index (χ3n) is 6.39. The van der Waals surface area contributed by atoms with Gasteiger partial charge in [-0.05, 0) is 47.7 Å². The van der Waals surface area contributed by atoms with Gasteiger partial charge in [0, 0.05) is 55.5 Å². The lowest BCUT2D eigenvalue weighted by atomic mass is 9.69. The van der Waals surface area contributed by atoms with Crippen LogP contribution in [0.25, 0.3) is 0 Å². The summed E-state index contributed by atoms with van der Waals surface area (Å²) >= 11 is 6.06. The van der Waals surface area contributed by atoms with Crippen molar-refractivity contribution in [2.24, 2.45) is 5.41 Å². The average Bonchev–Trinajstić information content (AvgIpc) is 2.72. The Labute approximate surface area is 198 Å². The number of anilines is 2. The van der Waals surface area contributed by atoms with Gasteiger partial charge in [0.2, 0.25) is 5.91 Å². The number of hydrogen-bond donors (Lipinski definition) is 1. The molecule has 0 spiro atoms. The highest BCUT2D eigenvalue weighted by molar-refractivity contribution is 6.33. The number of halogens is 1. The second-order valence-corrected chi connectivity index (χ2v) is 10.1. The number of aromatic carboxylic acids is 1. The minimum Gasteiger partial charge on any atom is -0.478 e. The molecule has 0 radical (unpaired) electrons. The summed E-state index contributed by atoms with van der Waals surface area (Å²) in [6.07, 6.45) is 1.08. The van der Waals surface area contributed by atoms with E-state index < -0.39 is 5.97 Å². The Morgan fingerprint density at radius 1 is 1.09 bits per heavy atom. The van der Waals surface area contributed by atoms with Gasteiger partial charge in [0.15, 0.2) is 5.78 Å². The molecule has 0 aromatic heterocycles. The van der Waals surface area contributed by atoms with E-state index >= 15 is 0 Å². The number of benzene rings is 2. The Morgan fingerprint density at radius 3 is 2.36 bits per heavy atom. The Bertz CT molecular complexity index is 1180. The summed E-state index contributed by atoms with van der Waals surface area (Å²) in [5, 5.41) is 9.61. The van der Waals surface area contributed by atoms with Crippen molar-refractivity contribution in [3.63, 3.8) is 0 Å². The second-order valence-electron chi connectivity index (χ2n) is 9.74. The van der Waals surface area contributed by atoms with Crippen LogP contribution in [0, 0.1) is 5.41 Å². The molecule has 0 bridgehead atoms. The highest BCUT2D eigenvalue weighted by atomic mass is 35.5. The van der Waals surface area contributed by atoms with Gasteiger partial charge in [-0.2, -0.15) is 0 Å². The van der Waals surface area contributed by atoms with E-state index in [2.05, 4.69) is 0 Å². The first-order valence-electron chi connectivity index (χ1n) is 10.9. The van der Waals surface area contributed by atoms with Crippen molar-refractivity contribution in [3.05, 3.63) is 69.9 Å². The van der Waals surface area contributed by atoms with Gasteiger partial charge in [-0.15, -0.1) is 0 Å². The molecule has 6 nitrogen and oxygen atoms in total. The number of allylic oxidation sites excluding steroid dienone is 2. The minimum atomic E-state index is -1.17. The zero-order valence-corrected chi connectivity index (χ0v) is 19.9. The molecule has 1 N–H and O–H groups in total. The number of carboxylic acid groups (broad SMARTS) is 1. The van der Waals surface area contributed by atoms with Crippen LogP contribution in [0.3, 0.4) is 0 Å². The summed E-state index contributed by atoms with van der Waals surface area (Å²) in [4.78, 5) is 42.0. The molecule has 172 valence electrons. The molecule has 2 aromatic rings. The van der Waals surface area contributed by atoms with E-state index in [1.807, 2.05) is 57.1 Å². The number of amides is 1. The molecule has 0 saturated heterocycles. The van der Waals surface area contributed by atoms with Crippen LogP contribution < -0.4 is 9.80 Å². The Kier molecular flexibility index (Phi) is 5.83. The molecule has 1 aliphatic heterocycles. The fourth-order valence-corrected chi connectivity index (χ4v) is 5.02. The maximum atomic E-state index is 13.5. The molecule has 2 aliphatic rings. The van der Waals surface area contributed by atoms with Gasteiger partial charge in [-0.25, -0.2) is 4.79 Å². The van der Waals surface area contributed by atoms with Crippen molar-refractivity contribution in [1.82, 2.24) is 0 Å². The van der Waals surface area contributed by atoms with Crippen LogP contribution in [0.4, 0.5) is 11.4 Å². The van der Waals surface area contributed by atoms with Gasteiger partial charge in [0.25, 0.3) is 0 Å². The number of carbonyl (C=O) groups excluding carboxylic acids is 2. The van der Waals surface area contributed by atoms with E-state index in [0.717, 1.165) is 11.3 Å². The third-order valence-corrected chi connectivity index (χ3v) is 6.72. The van der Waals surface area contributed by atoms with E-state index in [-0.39, 0.29) is 40.0 Å². The molecule has 1 heterocycles. The Hall–Kier alpha value is -3.12. The van der Waals surface area contributed by atoms with Crippen molar-refractivity contribution in [3.8, 4) is 0 Å². The van der Waals surface area contributed by atoms with Gasteiger partial charge in [-0.3, -0.25) is 14.5 Å². The number of hydrogen-bond acceptors (Lipinski definition) is 4. The van der Waals surface area contributed by atoms with E-state index in [0.29, 0.717) is 29.8 Å². The van der Waals surface area contributed by atoms with Gasteiger partial charge >= 0.3 is 5.97 Å². The smallest absolute Gasteiger partial charge is 0.337 e. The fraction of sp³-hybridized carbons (Fsp3) is 0.346. The van der Waals surface area contributed by atoms with Crippen molar-refractivity contribution in [2.45, 2.75) is 39.0 Å². The molecule has 1 unspecified atom stereocenters. The van der Waals surface area contributed by atoms with Crippen molar-refractivity contribution >= 4 is 40.6 Å². The number of carboxylic acids is 1. The van der Waals surface area contributed by atoms with E-state index in [9.17, 15) is 19.5 Å². The molecule has 7 heteroatoms. The van der Waals surface area contributed by atoms with Gasteiger partial charge in [0.05, 0.1) is 10.6 Å². The molecule has 4 rings (SSSR count). The highest BCUT2D eigenvalue weighted by Crippen LogP contribution is 2.48. The zero-order valence-electron chi connectivity index (χ0n) is 19.2. The first-order valence-corrected chi connectivity index (χ1v) is 11.3. The van der Waals surface area contributed by atoms with E-state index in [1.165, 1.54) is 17.0 Å². The number of carbonyl (C=O) groups is 3. The fourth-order valence-electron chi connectivity index (χ4n) is 4.82. The molecule has 1 amide bonds. The molecule has 0 saturated carbocycles. The van der Waals surface area contributed by atoms with Crippen LogP contribution in [0.15, 0.2) is 53.7 Å². The third kappa shape index (κ3) is 4.27. The summed E-state index contributed by atoms with van der Waals surface area (Å²) in [7, 11) is 3.92. The Balaban J connectivity index is 1.87. The summed E-state index contributed by atoms with van der Waals surface area (Å²) in [6, 6.07) is 12.5. The second kappa shape index (κ2) is 8.34. The van der Waals surface area contributed by atoms with Crippen molar-refractivity contribution in [1.29, 1.82) is 0 Å². The maximum absolute atomic E-state index is 13.5. The monoisotopic (exact) mass is 466 g/mol. The lowest BCUT2D eigenvalue weighted by Crippen LogP contribution is -2.43. The van der Waals surface area contributed by atoms with Crippen LogP contribution >= 0.6 is 11.6 Å². The van der Waals surface area contributed by atoms with E-state index in [4.69, 9.17) is 11.6 Å². The van der Waals surface area contributed by atoms with Crippen LogP contribution in [-0.4, -0.2) is 36.9 Å². The molecule has 1 atom stereocenters. The van der Waals surface area contributed by atoms with Crippen molar-refractivity contribution < 1.29 is 19.5 Å². The maximum Gasteiger partial charge on any atom is 0.337 e. The van der Waals surface area contributed by atoms with Crippen LogP contribution in [-0.2, 0) is 9.59 Å². The average molecular weight is 467 g/mol. The van der Waals surface area contributed by atoms with E-state index in [1.54, 1.807) is 6.07 Å². The highest BCUT2D eigenvalue weighted by Gasteiger charge is 2.44. The lowest BCUT2D eigenvalue weighted by molar-refractivity contribution is -0.121. The number of rotatable bonds is 4. The standard InChI is InChI=1S/C26H27ClN2O4/c1-26(2)13-21-24(22(30)14-26)18(15-5-7-16(8-6-15)28(3)4)12-23(31)29(21)17-9-10-20(27)19(11-17)25(32)33/h5-11,18H,12-14H2,1-4H3,(H,32,33). The summed E-state index contributed by atoms with van der Waals surface area (Å²) < 4.78 is 0. The predicted molar refractivity (Wildman–Crippen MR) is 129 cm³/mol.